The average molecular weight is 446 g/mol. The fourth-order valence-corrected chi connectivity index (χ4v) is 4.93. The second-order valence-corrected chi connectivity index (χ2v) is 8.92. The number of carbonyl (C=O) groups is 2. The molecule has 0 bridgehead atoms. The SMILES string of the molecule is Cc1ccc(C(=O)N2CCC3(CC2)C[C@@H](CC(=O)Nc2cccnc2)c2ccccc2O3)o1. The molecule has 0 aliphatic carbocycles. The molecule has 4 heterocycles. The van der Waals surface area contributed by atoms with Crippen molar-refractivity contribution in [2.24, 2.45) is 0 Å². The van der Waals surface area contributed by atoms with E-state index in [1.54, 1.807) is 30.6 Å². The lowest BCUT2D eigenvalue weighted by Crippen LogP contribution is -2.52. The summed E-state index contributed by atoms with van der Waals surface area (Å²) in [6, 6.07) is 15.1. The number of hydrogen-bond donors (Lipinski definition) is 1. The molecule has 1 N–H and O–H groups in total. The van der Waals surface area contributed by atoms with Gasteiger partial charge in [-0.3, -0.25) is 14.6 Å². The number of carbonyl (C=O) groups excluding carboxylic acids is 2. The van der Waals surface area contributed by atoms with Crippen LogP contribution in [0, 0.1) is 6.92 Å². The van der Waals surface area contributed by atoms with E-state index in [1.165, 1.54) is 0 Å². The number of piperidine rings is 1. The van der Waals surface area contributed by atoms with Crippen LogP contribution in [0.25, 0.3) is 0 Å². The zero-order chi connectivity index (χ0) is 22.8. The van der Waals surface area contributed by atoms with E-state index in [0.29, 0.717) is 43.8 Å². The normalized spacial score (nSPS) is 18.9. The van der Waals surface area contributed by atoms with Gasteiger partial charge in [0.05, 0.1) is 11.9 Å². The van der Waals surface area contributed by atoms with E-state index in [1.807, 2.05) is 42.2 Å². The number of rotatable bonds is 4. The first kappa shape index (κ1) is 21.2. The number of nitrogens with one attached hydrogen (secondary N) is 1. The van der Waals surface area contributed by atoms with Crippen molar-refractivity contribution >= 4 is 17.5 Å². The smallest absolute Gasteiger partial charge is 0.289 e. The predicted molar refractivity (Wildman–Crippen MR) is 123 cm³/mol. The second-order valence-electron chi connectivity index (χ2n) is 8.92. The van der Waals surface area contributed by atoms with Gasteiger partial charge in [0.2, 0.25) is 5.91 Å². The van der Waals surface area contributed by atoms with Gasteiger partial charge in [-0.05, 0) is 49.2 Å². The Bertz CT molecular complexity index is 1150. The molecule has 7 heteroatoms. The summed E-state index contributed by atoms with van der Waals surface area (Å²) in [7, 11) is 0. The summed E-state index contributed by atoms with van der Waals surface area (Å²) in [6.45, 7) is 3.02. The predicted octanol–water partition coefficient (Wildman–Crippen LogP) is 4.55. The van der Waals surface area contributed by atoms with E-state index in [2.05, 4.69) is 10.3 Å². The Morgan fingerprint density at radius 3 is 2.67 bits per heavy atom. The Kier molecular flexibility index (Phi) is 5.62. The number of anilines is 1. The molecule has 0 unspecified atom stereocenters. The third kappa shape index (κ3) is 4.49. The van der Waals surface area contributed by atoms with Gasteiger partial charge in [-0.2, -0.15) is 0 Å². The zero-order valence-electron chi connectivity index (χ0n) is 18.6. The van der Waals surface area contributed by atoms with Crippen LogP contribution in [0.1, 0.15) is 53.5 Å². The van der Waals surface area contributed by atoms with Crippen molar-refractivity contribution in [3.05, 3.63) is 78.0 Å². The van der Waals surface area contributed by atoms with Crippen LogP contribution >= 0.6 is 0 Å². The number of ether oxygens (including phenoxy) is 1. The summed E-state index contributed by atoms with van der Waals surface area (Å²) in [5.74, 6) is 1.86. The minimum absolute atomic E-state index is 0.0411. The molecule has 2 aliphatic heterocycles. The summed E-state index contributed by atoms with van der Waals surface area (Å²) in [5, 5.41) is 2.95. The average Bonchev–Trinajstić information content (AvgIpc) is 3.26. The van der Waals surface area contributed by atoms with Crippen LogP contribution in [-0.4, -0.2) is 40.4 Å². The van der Waals surface area contributed by atoms with E-state index in [0.717, 1.165) is 23.5 Å². The molecule has 1 saturated heterocycles. The van der Waals surface area contributed by atoms with Gasteiger partial charge in [0, 0.05) is 44.5 Å². The lowest BCUT2D eigenvalue weighted by atomic mass is 9.76. The van der Waals surface area contributed by atoms with Gasteiger partial charge in [0.1, 0.15) is 17.1 Å². The maximum absolute atomic E-state index is 12.8. The van der Waals surface area contributed by atoms with E-state index < -0.39 is 0 Å². The van der Waals surface area contributed by atoms with E-state index in [-0.39, 0.29) is 23.3 Å². The zero-order valence-corrected chi connectivity index (χ0v) is 18.6. The molecule has 1 atom stereocenters. The van der Waals surface area contributed by atoms with Crippen molar-refractivity contribution in [2.45, 2.75) is 44.1 Å². The van der Waals surface area contributed by atoms with E-state index in [9.17, 15) is 9.59 Å². The van der Waals surface area contributed by atoms with Crippen LogP contribution in [-0.2, 0) is 4.79 Å². The number of fused-ring (bicyclic) bond motifs is 1. The van der Waals surface area contributed by atoms with Crippen LogP contribution in [0.4, 0.5) is 5.69 Å². The number of para-hydroxylation sites is 1. The van der Waals surface area contributed by atoms with Gasteiger partial charge in [0.15, 0.2) is 5.76 Å². The molecule has 33 heavy (non-hydrogen) atoms. The van der Waals surface area contributed by atoms with Gasteiger partial charge in [-0.15, -0.1) is 0 Å². The number of furan rings is 1. The first-order valence-electron chi connectivity index (χ1n) is 11.3. The highest BCUT2D eigenvalue weighted by molar-refractivity contribution is 5.92. The highest BCUT2D eigenvalue weighted by Crippen LogP contribution is 2.46. The largest absolute Gasteiger partial charge is 0.487 e. The Morgan fingerprint density at radius 1 is 1.12 bits per heavy atom. The number of amides is 2. The van der Waals surface area contributed by atoms with Crippen molar-refractivity contribution in [3.8, 4) is 5.75 Å². The second kappa shape index (κ2) is 8.73. The monoisotopic (exact) mass is 445 g/mol. The number of aryl methyl sites for hydroxylation is 1. The topological polar surface area (TPSA) is 84.7 Å². The molecular formula is C26H27N3O4. The molecule has 1 aromatic carbocycles. The highest BCUT2D eigenvalue weighted by atomic mass is 16.5. The molecule has 1 spiro atoms. The molecule has 2 aliphatic rings. The summed E-state index contributed by atoms with van der Waals surface area (Å²) in [4.78, 5) is 31.5. The molecule has 0 radical (unpaired) electrons. The molecule has 7 nitrogen and oxygen atoms in total. The van der Waals surface area contributed by atoms with Gasteiger partial charge >= 0.3 is 0 Å². The molecule has 3 aromatic rings. The molecule has 170 valence electrons. The molecule has 2 aromatic heterocycles. The number of likely N-dealkylation sites (tertiary alicyclic amines) is 1. The Morgan fingerprint density at radius 2 is 1.94 bits per heavy atom. The molecule has 5 rings (SSSR count). The summed E-state index contributed by atoms with van der Waals surface area (Å²) < 4.78 is 12.0. The van der Waals surface area contributed by atoms with Crippen LogP contribution in [0.3, 0.4) is 0 Å². The van der Waals surface area contributed by atoms with Crippen molar-refractivity contribution in [1.82, 2.24) is 9.88 Å². The minimum Gasteiger partial charge on any atom is -0.487 e. The van der Waals surface area contributed by atoms with Crippen LogP contribution < -0.4 is 10.1 Å². The molecule has 2 amide bonds. The lowest BCUT2D eigenvalue weighted by molar-refractivity contribution is -0.117. The maximum atomic E-state index is 12.8. The fraction of sp³-hybridized carbons (Fsp3) is 0.346. The van der Waals surface area contributed by atoms with Gasteiger partial charge in [-0.1, -0.05) is 18.2 Å². The summed E-state index contributed by atoms with van der Waals surface area (Å²) >= 11 is 0. The van der Waals surface area contributed by atoms with Crippen molar-refractivity contribution in [1.29, 1.82) is 0 Å². The number of nitrogens with zero attached hydrogens (tertiary/aromatic N) is 2. The van der Waals surface area contributed by atoms with Crippen molar-refractivity contribution in [3.63, 3.8) is 0 Å². The summed E-state index contributed by atoms with van der Waals surface area (Å²) in [6.07, 6.45) is 5.86. The van der Waals surface area contributed by atoms with E-state index in [4.69, 9.17) is 9.15 Å². The minimum atomic E-state index is -0.385. The Labute approximate surface area is 192 Å². The molecule has 0 saturated carbocycles. The molecule has 1 fully saturated rings. The van der Waals surface area contributed by atoms with Crippen LogP contribution in [0.15, 0.2) is 65.3 Å². The molecular weight excluding hydrogens is 418 g/mol. The fourth-order valence-electron chi connectivity index (χ4n) is 4.93. The number of aromatic nitrogens is 1. The number of benzene rings is 1. The van der Waals surface area contributed by atoms with Crippen molar-refractivity contribution < 1.29 is 18.7 Å². The lowest BCUT2D eigenvalue weighted by Gasteiger charge is -2.46. The van der Waals surface area contributed by atoms with Gasteiger partial charge in [0.25, 0.3) is 5.91 Å². The van der Waals surface area contributed by atoms with Crippen molar-refractivity contribution in [2.75, 3.05) is 18.4 Å². The van der Waals surface area contributed by atoms with Gasteiger partial charge < -0.3 is 19.4 Å². The standard InChI is InChI=1S/C26H27N3O4/c1-18-8-9-23(32-18)25(31)29-13-10-26(11-14-29)16-19(21-6-2-3-7-22(21)33-26)15-24(30)28-20-5-4-12-27-17-20/h2-9,12,17,19H,10-11,13-16H2,1H3,(H,28,30)/t19-/m1/s1. The summed E-state index contributed by atoms with van der Waals surface area (Å²) in [5.41, 5.74) is 1.37. The third-order valence-corrected chi connectivity index (χ3v) is 6.59. The van der Waals surface area contributed by atoms with Crippen LogP contribution in [0.2, 0.25) is 0 Å². The third-order valence-electron chi connectivity index (χ3n) is 6.59. The van der Waals surface area contributed by atoms with Crippen LogP contribution in [0.5, 0.6) is 5.75 Å². The highest BCUT2D eigenvalue weighted by Gasteiger charge is 2.44. The quantitative estimate of drug-likeness (QED) is 0.637. The van der Waals surface area contributed by atoms with E-state index >= 15 is 0 Å². The first-order chi connectivity index (χ1) is 16.0. The first-order valence-corrected chi connectivity index (χ1v) is 11.3. The Balaban J connectivity index is 1.29. The number of hydrogen-bond acceptors (Lipinski definition) is 5. The number of pyridine rings is 1. The Hall–Kier alpha value is -3.61. The maximum Gasteiger partial charge on any atom is 0.289 e. The van der Waals surface area contributed by atoms with Gasteiger partial charge in [-0.25, -0.2) is 0 Å².